The van der Waals surface area contributed by atoms with Crippen molar-refractivity contribution in [2.24, 2.45) is 0 Å². The molecule has 48 heavy (non-hydrogen) atoms. The lowest BCUT2D eigenvalue weighted by molar-refractivity contribution is -0.198. The zero-order valence-corrected chi connectivity index (χ0v) is 26.2. The van der Waals surface area contributed by atoms with Crippen molar-refractivity contribution in [3.8, 4) is 0 Å². The van der Waals surface area contributed by atoms with Gasteiger partial charge in [0.2, 0.25) is 5.91 Å². The number of hydrogen-bond donors (Lipinski definition) is 5. The minimum atomic E-state index is -1.35. The second-order valence-corrected chi connectivity index (χ2v) is 12.6. The lowest BCUT2D eigenvalue weighted by atomic mass is 9.78. The van der Waals surface area contributed by atoms with E-state index in [4.69, 9.17) is 14.1 Å². The number of imide groups is 1. The van der Waals surface area contributed by atoms with E-state index in [-0.39, 0.29) is 43.6 Å². The normalized spacial score (nSPS) is 19.1. The molecule has 250 valence electrons. The molecule has 3 heterocycles. The van der Waals surface area contributed by atoms with Gasteiger partial charge in [-0.2, -0.15) is 0 Å². The van der Waals surface area contributed by atoms with Crippen LogP contribution in [0.2, 0.25) is 0 Å². The molecular formula is C31H34B2N4O11. The first kappa shape index (κ1) is 33.3. The molecule has 1 saturated heterocycles. The van der Waals surface area contributed by atoms with Crippen molar-refractivity contribution in [2.45, 2.75) is 82.7 Å². The van der Waals surface area contributed by atoms with Crippen LogP contribution in [0, 0.1) is 0 Å². The van der Waals surface area contributed by atoms with Gasteiger partial charge in [-0.1, -0.05) is 25.0 Å². The van der Waals surface area contributed by atoms with E-state index < -0.39 is 67.4 Å². The molecule has 5 N–H and O–H groups in total. The fourth-order valence-corrected chi connectivity index (χ4v) is 6.53. The second kappa shape index (κ2) is 13.5. The van der Waals surface area contributed by atoms with Crippen LogP contribution in [0.1, 0.15) is 83.7 Å². The van der Waals surface area contributed by atoms with E-state index in [1.165, 1.54) is 25.1 Å². The fraction of sp³-hybridized carbons (Fsp3) is 0.419. The van der Waals surface area contributed by atoms with Crippen molar-refractivity contribution in [1.29, 1.82) is 0 Å². The Bertz CT molecular complexity index is 1670. The molecule has 5 amide bonds. The van der Waals surface area contributed by atoms with Gasteiger partial charge >= 0.3 is 20.2 Å². The van der Waals surface area contributed by atoms with Crippen LogP contribution in [0.4, 0.5) is 0 Å². The Labute approximate surface area is 275 Å². The summed E-state index contributed by atoms with van der Waals surface area (Å²) >= 11 is 0. The number of benzene rings is 2. The third kappa shape index (κ3) is 6.85. The molecule has 1 saturated carbocycles. The molecule has 4 aliphatic rings. The molecule has 15 nitrogen and oxygen atoms in total. The van der Waals surface area contributed by atoms with E-state index in [1.54, 1.807) is 18.2 Å². The van der Waals surface area contributed by atoms with Crippen molar-refractivity contribution in [2.75, 3.05) is 0 Å². The zero-order chi connectivity index (χ0) is 34.2. The number of hydroxylamine groups is 2. The van der Waals surface area contributed by atoms with Crippen LogP contribution in [0.3, 0.4) is 0 Å². The summed E-state index contributed by atoms with van der Waals surface area (Å²) in [5.41, 5.74) is 1.56. The number of nitrogens with zero attached hydrogens (tertiary/aromatic N) is 1. The van der Waals surface area contributed by atoms with Gasteiger partial charge in [0.05, 0.1) is 31.2 Å². The Hall–Kier alpha value is -4.57. The van der Waals surface area contributed by atoms with E-state index in [0.29, 0.717) is 47.2 Å². The van der Waals surface area contributed by atoms with Crippen LogP contribution in [-0.2, 0) is 46.5 Å². The van der Waals surface area contributed by atoms with Gasteiger partial charge in [0.25, 0.3) is 23.6 Å². The third-order valence-corrected chi connectivity index (χ3v) is 9.20. The molecule has 2 aromatic rings. The summed E-state index contributed by atoms with van der Waals surface area (Å²) in [5, 5.41) is 29.0. The van der Waals surface area contributed by atoms with Crippen molar-refractivity contribution < 1.29 is 53.0 Å². The quantitative estimate of drug-likeness (QED) is 0.146. The SMILES string of the molecule is C[C@H](NC(=O)c1ccc2c(c1)B(O)OC2)[C@H](NC(=O)c1ccc2c(c1)B(O)OC2)C(=O)NC1(CC(=O)ON2C(=O)CCC2=O)CCCC1. The molecule has 1 aliphatic carbocycles. The number of fused-ring (bicyclic) bond motifs is 2. The molecule has 0 spiro atoms. The summed E-state index contributed by atoms with van der Waals surface area (Å²) in [6.07, 6.45) is 1.67. The smallest absolute Gasteiger partial charge is 0.423 e. The Morgan fingerprint density at radius 1 is 0.875 bits per heavy atom. The van der Waals surface area contributed by atoms with Gasteiger partial charge in [-0.3, -0.25) is 24.0 Å². The number of carbonyl (C=O) groups excluding carboxylic acids is 6. The second-order valence-electron chi connectivity index (χ2n) is 12.6. The first-order valence-electron chi connectivity index (χ1n) is 15.8. The topological polar surface area (TPSA) is 210 Å². The van der Waals surface area contributed by atoms with Crippen molar-refractivity contribution in [3.05, 3.63) is 58.7 Å². The van der Waals surface area contributed by atoms with Gasteiger partial charge in [-0.25, -0.2) is 4.79 Å². The lowest BCUT2D eigenvalue weighted by Gasteiger charge is -2.33. The van der Waals surface area contributed by atoms with Gasteiger partial charge in [-0.15, -0.1) is 5.06 Å². The van der Waals surface area contributed by atoms with Gasteiger partial charge in [0.1, 0.15) is 6.04 Å². The monoisotopic (exact) mass is 660 g/mol. The van der Waals surface area contributed by atoms with Crippen LogP contribution in [0.15, 0.2) is 36.4 Å². The number of rotatable bonds is 10. The summed E-state index contributed by atoms with van der Waals surface area (Å²) in [7, 11) is -2.37. The van der Waals surface area contributed by atoms with Crippen LogP contribution in [-0.4, -0.2) is 82.5 Å². The molecule has 2 aromatic carbocycles. The molecule has 0 unspecified atom stereocenters. The molecule has 17 heteroatoms. The van der Waals surface area contributed by atoms with E-state index in [2.05, 4.69) is 16.0 Å². The predicted molar refractivity (Wildman–Crippen MR) is 167 cm³/mol. The van der Waals surface area contributed by atoms with Crippen LogP contribution < -0.4 is 26.9 Å². The Kier molecular flexibility index (Phi) is 9.38. The minimum absolute atomic E-state index is 0.0605. The highest BCUT2D eigenvalue weighted by atomic mass is 16.7. The lowest BCUT2D eigenvalue weighted by Crippen LogP contribution is -2.61. The molecule has 2 atom stereocenters. The fourth-order valence-electron chi connectivity index (χ4n) is 6.53. The van der Waals surface area contributed by atoms with Gasteiger partial charge in [0.15, 0.2) is 0 Å². The Morgan fingerprint density at radius 2 is 1.40 bits per heavy atom. The number of amides is 5. The maximum absolute atomic E-state index is 14.0. The molecular weight excluding hydrogens is 626 g/mol. The molecule has 0 aromatic heterocycles. The Morgan fingerprint density at radius 3 is 1.94 bits per heavy atom. The van der Waals surface area contributed by atoms with Gasteiger partial charge in [-0.05, 0) is 66.1 Å². The largest absolute Gasteiger partial charge is 0.491 e. The van der Waals surface area contributed by atoms with Crippen LogP contribution in [0.25, 0.3) is 0 Å². The standard InChI is InChI=1S/C31H34B2N4O11/c1-17(34-28(41)18-4-6-20-15-46-32(44)22(20)12-18)27(35-29(42)19-5-7-21-16-47-33(45)23(21)13-19)30(43)36-31(10-2-3-11-31)14-26(40)48-37-24(38)8-9-25(37)39/h4-7,12-13,17,27,44-45H,2-3,8-11,14-16H2,1H3,(H,34,41)(H,35,42)(H,36,43)/t17-,27-/m0/s1. The van der Waals surface area contributed by atoms with E-state index in [9.17, 15) is 38.8 Å². The highest BCUT2D eigenvalue weighted by Crippen LogP contribution is 2.33. The van der Waals surface area contributed by atoms with Crippen LogP contribution in [0.5, 0.6) is 0 Å². The molecule has 6 rings (SSSR count). The zero-order valence-electron chi connectivity index (χ0n) is 26.2. The van der Waals surface area contributed by atoms with Crippen molar-refractivity contribution in [1.82, 2.24) is 21.0 Å². The minimum Gasteiger partial charge on any atom is -0.423 e. The summed E-state index contributed by atoms with van der Waals surface area (Å²) in [6, 6.07) is 7.00. The summed E-state index contributed by atoms with van der Waals surface area (Å²) in [6.45, 7) is 1.92. The predicted octanol–water partition coefficient (Wildman–Crippen LogP) is -1.53. The average molecular weight is 660 g/mol. The maximum Gasteiger partial charge on any atom is 0.491 e. The number of nitrogens with one attached hydrogen (secondary N) is 3. The maximum atomic E-state index is 14.0. The molecule has 0 radical (unpaired) electrons. The number of hydrogen-bond acceptors (Lipinski definition) is 11. The van der Waals surface area contributed by atoms with Crippen molar-refractivity contribution in [3.63, 3.8) is 0 Å². The molecule has 0 bridgehead atoms. The molecule has 3 aliphatic heterocycles. The van der Waals surface area contributed by atoms with E-state index in [0.717, 1.165) is 5.56 Å². The summed E-state index contributed by atoms with van der Waals surface area (Å²) in [4.78, 5) is 82.9. The van der Waals surface area contributed by atoms with Crippen LogP contribution >= 0.6 is 0 Å². The highest BCUT2D eigenvalue weighted by Gasteiger charge is 2.43. The first-order chi connectivity index (χ1) is 22.9. The molecule has 2 fully saturated rings. The average Bonchev–Trinajstić information content (AvgIpc) is 3.84. The van der Waals surface area contributed by atoms with E-state index in [1.807, 2.05) is 0 Å². The van der Waals surface area contributed by atoms with Gasteiger partial charge < -0.3 is 40.1 Å². The summed E-state index contributed by atoms with van der Waals surface area (Å²) < 4.78 is 10.4. The third-order valence-electron chi connectivity index (χ3n) is 9.20. The Balaban J connectivity index is 1.21. The first-order valence-corrected chi connectivity index (χ1v) is 15.8. The van der Waals surface area contributed by atoms with E-state index >= 15 is 0 Å². The number of carbonyl (C=O) groups is 6. The van der Waals surface area contributed by atoms with Crippen molar-refractivity contribution >= 4 is 60.7 Å². The van der Waals surface area contributed by atoms with Gasteiger partial charge in [0, 0.05) is 24.0 Å². The highest BCUT2D eigenvalue weighted by molar-refractivity contribution is 6.62. The summed E-state index contributed by atoms with van der Waals surface area (Å²) in [5.74, 6) is -4.05.